The molecule has 2 aromatic rings. The first-order valence-corrected chi connectivity index (χ1v) is 7.31. The Bertz CT molecular complexity index is 779. The van der Waals surface area contributed by atoms with E-state index in [1.807, 2.05) is 6.19 Å². The number of carbonyl (C=O) groups is 1. The molecular formula is C16H16FN5O. The number of hydrogen-bond acceptors (Lipinski definition) is 4. The highest BCUT2D eigenvalue weighted by atomic mass is 19.1. The maximum absolute atomic E-state index is 14.0. The fourth-order valence-corrected chi connectivity index (χ4v) is 2.68. The number of likely N-dealkylation sites (tertiary alicyclic amines) is 1. The second-order valence-corrected chi connectivity index (χ2v) is 5.60. The van der Waals surface area contributed by atoms with Gasteiger partial charge >= 0.3 is 0 Å². The average Bonchev–Trinajstić information content (AvgIpc) is 3.16. The molecule has 118 valence electrons. The van der Waals surface area contributed by atoms with Crippen molar-refractivity contribution in [3.8, 4) is 17.3 Å². The standard InChI is InChI=1S/C16H16FN5O/c1-21-8-12(7-19-21)11-2-3-15(17)14(6-11)16(23)20-13-4-5-22(9-13)10-18/h2-3,6-8,13H,4-5,9H2,1H3,(H,20,23). The van der Waals surface area contributed by atoms with Crippen LogP contribution in [-0.2, 0) is 7.05 Å². The maximum Gasteiger partial charge on any atom is 0.254 e. The fourth-order valence-electron chi connectivity index (χ4n) is 2.68. The molecule has 0 bridgehead atoms. The van der Waals surface area contributed by atoms with Gasteiger partial charge in [0.05, 0.1) is 11.8 Å². The van der Waals surface area contributed by atoms with Crippen molar-refractivity contribution in [2.45, 2.75) is 12.5 Å². The van der Waals surface area contributed by atoms with E-state index >= 15 is 0 Å². The molecule has 1 amide bonds. The Labute approximate surface area is 133 Å². The Morgan fingerprint density at radius 3 is 2.96 bits per heavy atom. The summed E-state index contributed by atoms with van der Waals surface area (Å²) in [6.45, 7) is 1.08. The summed E-state index contributed by atoms with van der Waals surface area (Å²) in [4.78, 5) is 13.9. The predicted molar refractivity (Wildman–Crippen MR) is 81.7 cm³/mol. The van der Waals surface area contributed by atoms with Gasteiger partial charge in [-0.1, -0.05) is 6.07 Å². The Hall–Kier alpha value is -2.88. The minimum Gasteiger partial charge on any atom is -0.347 e. The monoisotopic (exact) mass is 313 g/mol. The second-order valence-electron chi connectivity index (χ2n) is 5.60. The van der Waals surface area contributed by atoms with Gasteiger partial charge in [-0.15, -0.1) is 0 Å². The summed E-state index contributed by atoms with van der Waals surface area (Å²) < 4.78 is 15.7. The highest BCUT2D eigenvalue weighted by Gasteiger charge is 2.24. The van der Waals surface area contributed by atoms with Crippen molar-refractivity contribution in [2.24, 2.45) is 7.05 Å². The number of halogens is 1. The van der Waals surface area contributed by atoms with E-state index in [9.17, 15) is 9.18 Å². The van der Waals surface area contributed by atoms with E-state index in [0.717, 1.165) is 11.1 Å². The van der Waals surface area contributed by atoms with Crippen LogP contribution in [0.2, 0.25) is 0 Å². The molecule has 7 heteroatoms. The van der Waals surface area contributed by atoms with E-state index < -0.39 is 11.7 Å². The van der Waals surface area contributed by atoms with Gasteiger partial charge in [-0.25, -0.2) is 4.39 Å². The molecule has 6 nitrogen and oxygen atoms in total. The third-order valence-electron chi connectivity index (χ3n) is 3.91. The number of aromatic nitrogens is 2. The van der Waals surface area contributed by atoms with E-state index in [2.05, 4.69) is 10.4 Å². The normalized spacial score (nSPS) is 17.1. The number of aryl methyl sites for hydroxylation is 1. The van der Waals surface area contributed by atoms with Crippen LogP contribution < -0.4 is 5.32 Å². The molecular weight excluding hydrogens is 297 g/mol. The van der Waals surface area contributed by atoms with Gasteiger partial charge in [-0.2, -0.15) is 10.4 Å². The van der Waals surface area contributed by atoms with Crippen LogP contribution in [0.3, 0.4) is 0 Å². The molecule has 1 aliphatic rings. The number of amides is 1. The summed E-state index contributed by atoms with van der Waals surface area (Å²) in [6, 6.07) is 4.30. The third-order valence-corrected chi connectivity index (χ3v) is 3.91. The van der Waals surface area contributed by atoms with Gasteiger partial charge in [0.15, 0.2) is 6.19 Å². The number of hydrogen-bond donors (Lipinski definition) is 1. The molecule has 1 atom stereocenters. The average molecular weight is 313 g/mol. The largest absolute Gasteiger partial charge is 0.347 e. The van der Waals surface area contributed by atoms with Crippen molar-refractivity contribution >= 4 is 5.91 Å². The molecule has 1 aliphatic heterocycles. The zero-order chi connectivity index (χ0) is 16.4. The lowest BCUT2D eigenvalue weighted by Gasteiger charge is -2.13. The first-order chi connectivity index (χ1) is 11.1. The number of nitriles is 1. The van der Waals surface area contributed by atoms with Gasteiger partial charge in [0.2, 0.25) is 0 Å². The highest BCUT2D eigenvalue weighted by Crippen LogP contribution is 2.22. The van der Waals surface area contributed by atoms with Crippen LogP contribution in [0.15, 0.2) is 30.6 Å². The topological polar surface area (TPSA) is 74.0 Å². The Kier molecular flexibility index (Phi) is 3.98. The van der Waals surface area contributed by atoms with Crippen molar-refractivity contribution in [1.82, 2.24) is 20.0 Å². The summed E-state index contributed by atoms with van der Waals surface area (Å²) in [5.41, 5.74) is 1.55. The number of carbonyl (C=O) groups excluding carboxylic acids is 1. The zero-order valence-electron chi connectivity index (χ0n) is 12.7. The molecule has 2 heterocycles. The van der Waals surface area contributed by atoms with Gasteiger partial charge in [-0.05, 0) is 24.1 Å². The van der Waals surface area contributed by atoms with Crippen LogP contribution in [0.1, 0.15) is 16.8 Å². The summed E-state index contributed by atoms with van der Waals surface area (Å²) in [5, 5.41) is 15.7. The number of nitrogens with zero attached hydrogens (tertiary/aromatic N) is 4. The molecule has 0 aliphatic carbocycles. The van der Waals surface area contributed by atoms with Crippen molar-refractivity contribution in [1.29, 1.82) is 5.26 Å². The molecule has 1 fully saturated rings. The Morgan fingerprint density at radius 2 is 2.30 bits per heavy atom. The minimum atomic E-state index is -0.565. The molecule has 1 N–H and O–H groups in total. The van der Waals surface area contributed by atoms with Gasteiger partial charge in [-0.3, -0.25) is 9.48 Å². The molecule has 1 aromatic heterocycles. The van der Waals surface area contributed by atoms with Crippen LogP contribution in [-0.4, -0.2) is 39.7 Å². The van der Waals surface area contributed by atoms with E-state index in [-0.39, 0.29) is 11.6 Å². The van der Waals surface area contributed by atoms with Crippen LogP contribution in [0, 0.1) is 17.3 Å². The molecule has 0 spiro atoms. The fraction of sp³-hybridized carbons (Fsp3) is 0.312. The molecule has 0 saturated carbocycles. The van der Waals surface area contributed by atoms with E-state index in [1.165, 1.54) is 12.1 Å². The van der Waals surface area contributed by atoms with Crippen LogP contribution in [0.25, 0.3) is 11.1 Å². The molecule has 23 heavy (non-hydrogen) atoms. The summed E-state index contributed by atoms with van der Waals surface area (Å²) in [5.74, 6) is -1.02. The van der Waals surface area contributed by atoms with Crippen LogP contribution >= 0.6 is 0 Å². The summed E-state index contributed by atoms with van der Waals surface area (Å²) >= 11 is 0. The van der Waals surface area contributed by atoms with Gasteiger partial charge < -0.3 is 10.2 Å². The second kappa shape index (κ2) is 6.08. The Morgan fingerprint density at radius 1 is 1.48 bits per heavy atom. The first-order valence-electron chi connectivity index (χ1n) is 7.31. The predicted octanol–water partition coefficient (Wildman–Crippen LogP) is 1.51. The Balaban J connectivity index is 1.79. The van der Waals surface area contributed by atoms with Crippen molar-refractivity contribution in [3.63, 3.8) is 0 Å². The highest BCUT2D eigenvalue weighted by molar-refractivity contribution is 5.96. The van der Waals surface area contributed by atoms with Crippen LogP contribution in [0.5, 0.6) is 0 Å². The van der Waals surface area contributed by atoms with Crippen LogP contribution in [0.4, 0.5) is 4.39 Å². The molecule has 3 rings (SSSR count). The SMILES string of the molecule is Cn1cc(-c2ccc(F)c(C(=O)NC3CCN(C#N)C3)c2)cn1. The number of rotatable bonds is 3. The van der Waals surface area contributed by atoms with E-state index in [1.54, 1.807) is 35.1 Å². The third kappa shape index (κ3) is 3.16. The van der Waals surface area contributed by atoms with Crippen molar-refractivity contribution in [2.75, 3.05) is 13.1 Å². The molecule has 0 radical (unpaired) electrons. The summed E-state index contributed by atoms with van der Waals surface area (Å²) in [6.07, 6.45) is 6.20. The molecule has 1 aromatic carbocycles. The summed E-state index contributed by atoms with van der Waals surface area (Å²) in [7, 11) is 1.79. The lowest BCUT2D eigenvalue weighted by atomic mass is 10.0. The number of nitrogens with one attached hydrogen (secondary N) is 1. The lowest BCUT2D eigenvalue weighted by molar-refractivity contribution is 0.0935. The zero-order valence-corrected chi connectivity index (χ0v) is 12.7. The van der Waals surface area contributed by atoms with Gasteiger partial charge in [0, 0.05) is 37.9 Å². The maximum atomic E-state index is 14.0. The minimum absolute atomic E-state index is 0.00163. The molecule has 1 unspecified atom stereocenters. The lowest BCUT2D eigenvalue weighted by Crippen LogP contribution is -2.36. The smallest absolute Gasteiger partial charge is 0.254 e. The van der Waals surface area contributed by atoms with Crippen molar-refractivity contribution < 1.29 is 9.18 Å². The number of benzene rings is 1. The first kappa shape index (κ1) is 15.0. The van der Waals surface area contributed by atoms with Crippen molar-refractivity contribution in [3.05, 3.63) is 42.0 Å². The van der Waals surface area contributed by atoms with E-state index in [0.29, 0.717) is 19.5 Å². The van der Waals surface area contributed by atoms with Gasteiger partial charge in [0.1, 0.15) is 5.82 Å². The van der Waals surface area contributed by atoms with Gasteiger partial charge in [0.25, 0.3) is 5.91 Å². The van der Waals surface area contributed by atoms with E-state index in [4.69, 9.17) is 5.26 Å². The quantitative estimate of drug-likeness (QED) is 0.872. The molecule has 1 saturated heterocycles.